The van der Waals surface area contributed by atoms with Crippen molar-refractivity contribution in [3.8, 4) is 0 Å². The van der Waals surface area contributed by atoms with Crippen molar-refractivity contribution in [1.29, 1.82) is 0 Å². The Hall–Kier alpha value is -2.38. The number of carbonyl (C=O) groups excluding carboxylic acids is 2. The summed E-state index contributed by atoms with van der Waals surface area (Å²) in [6.07, 6.45) is 0.526. The van der Waals surface area contributed by atoms with Crippen LogP contribution in [0, 0.1) is 0 Å². The van der Waals surface area contributed by atoms with Gasteiger partial charge in [0.2, 0.25) is 6.10 Å². The van der Waals surface area contributed by atoms with E-state index in [1.807, 2.05) is 0 Å². The first-order valence-electron chi connectivity index (χ1n) is 7.75. The van der Waals surface area contributed by atoms with Gasteiger partial charge in [-0.25, -0.2) is 19.6 Å². The number of ether oxygens (including phenoxy) is 2. The number of benzene rings is 1. The average molecular weight is 398 g/mol. The second-order valence-corrected chi connectivity index (χ2v) is 6.28. The molecule has 2 aromatic rings. The molecule has 0 spiro atoms. The van der Waals surface area contributed by atoms with Crippen LogP contribution in [0.1, 0.15) is 19.7 Å². The second-order valence-electron chi connectivity index (χ2n) is 5.47. The van der Waals surface area contributed by atoms with E-state index in [2.05, 4.69) is 15.3 Å². The van der Waals surface area contributed by atoms with Crippen LogP contribution < -0.4 is 5.32 Å². The number of amides is 1. The molecule has 7 nitrogen and oxygen atoms in total. The number of hydrogen-bond donors (Lipinski definition) is 1. The molecule has 0 bridgehead atoms. The Morgan fingerprint density at radius 1 is 1.08 bits per heavy atom. The third kappa shape index (κ3) is 5.86. The maximum absolute atomic E-state index is 12.2. The molecule has 1 amide bonds. The van der Waals surface area contributed by atoms with Gasteiger partial charge in [0.05, 0.1) is 28.3 Å². The predicted octanol–water partition coefficient (Wildman–Crippen LogP) is 3.89. The number of nitrogens with zero attached hydrogens (tertiary/aromatic N) is 2. The highest BCUT2D eigenvalue weighted by molar-refractivity contribution is 6.39. The lowest BCUT2D eigenvalue weighted by Gasteiger charge is -2.18. The van der Waals surface area contributed by atoms with Crippen LogP contribution in [0.5, 0.6) is 0 Å². The highest BCUT2D eigenvalue weighted by Crippen LogP contribution is 2.30. The van der Waals surface area contributed by atoms with Crippen molar-refractivity contribution < 1.29 is 19.1 Å². The molecule has 1 N–H and O–H groups in total. The molecule has 1 aromatic carbocycles. The Balaban J connectivity index is 2.12. The largest absolute Gasteiger partial charge is 0.460 e. The topological polar surface area (TPSA) is 90.4 Å². The molecule has 138 valence electrons. The van der Waals surface area contributed by atoms with Gasteiger partial charge in [-0.2, -0.15) is 0 Å². The normalized spacial score (nSPS) is 11.7. The molecule has 0 saturated heterocycles. The van der Waals surface area contributed by atoms with Crippen LogP contribution in [0.15, 0.2) is 36.7 Å². The lowest BCUT2D eigenvalue weighted by molar-refractivity contribution is -0.157. The zero-order chi connectivity index (χ0) is 19.1. The van der Waals surface area contributed by atoms with Crippen molar-refractivity contribution in [3.05, 3.63) is 52.5 Å². The summed E-state index contributed by atoms with van der Waals surface area (Å²) >= 11 is 12.0. The van der Waals surface area contributed by atoms with Gasteiger partial charge in [0.25, 0.3) is 0 Å². The van der Waals surface area contributed by atoms with E-state index < -0.39 is 18.2 Å². The maximum atomic E-state index is 12.2. The number of aromatic nitrogens is 2. The smallest absolute Gasteiger partial charge is 0.412 e. The first-order chi connectivity index (χ1) is 12.4. The first kappa shape index (κ1) is 19.9. The predicted molar refractivity (Wildman–Crippen MR) is 97.3 cm³/mol. The minimum absolute atomic E-state index is 0.0317. The third-order valence-corrected chi connectivity index (χ3v) is 3.67. The number of para-hydroxylation sites is 1. The van der Waals surface area contributed by atoms with Crippen molar-refractivity contribution in [2.45, 2.75) is 32.5 Å². The van der Waals surface area contributed by atoms with Gasteiger partial charge in [0, 0.05) is 12.4 Å². The lowest BCUT2D eigenvalue weighted by Crippen LogP contribution is -2.34. The second kappa shape index (κ2) is 9.35. The zero-order valence-electron chi connectivity index (χ0n) is 14.1. The zero-order valence-corrected chi connectivity index (χ0v) is 15.6. The molecule has 0 aliphatic carbocycles. The number of hydrogen-bond acceptors (Lipinski definition) is 6. The van der Waals surface area contributed by atoms with E-state index in [0.29, 0.717) is 5.82 Å². The summed E-state index contributed by atoms with van der Waals surface area (Å²) in [5.74, 6) is -0.366. The molecule has 1 heterocycles. The monoisotopic (exact) mass is 397 g/mol. The van der Waals surface area contributed by atoms with E-state index >= 15 is 0 Å². The third-order valence-electron chi connectivity index (χ3n) is 3.04. The standard InChI is InChI=1S/C17H17Cl2N3O4/c1-10(2)25-16(23)13(9-14-20-7-4-8-21-14)26-17(24)22-15-11(18)5-3-6-12(15)19/h3-8,10,13H,9H2,1-2H3,(H,22,24). The minimum atomic E-state index is -1.22. The van der Waals surface area contributed by atoms with Gasteiger partial charge < -0.3 is 9.47 Å². The van der Waals surface area contributed by atoms with E-state index in [9.17, 15) is 9.59 Å². The van der Waals surface area contributed by atoms with Crippen molar-refractivity contribution in [2.24, 2.45) is 0 Å². The van der Waals surface area contributed by atoms with E-state index in [1.165, 1.54) is 12.4 Å². The first-order valence-corrected chi connectivity index (χ1v) is 8.50. The van der Waals surface area contributed by atoms with Crippen molar-refractivity contribution >= 4 is 41.0 Å². The molecular formula is C17H17Cl2N3O4. The Bertz CT molecular complexity index is 752. The quantitative estimate of drug-likeness (QED) is 0.743. The van der Waals surface area contributed by atoms with E-state index in [4.69, 9.17) is 32.7 Å². The van der Waals surface area contributed by atoms with Crippen molar-refractivity contribution in [2.75, 3.05) is 5.32 Å². The number of esters is 1. The van der Waals surface area contributed by atoms with Crippen LogP contribution in [0.4, 0.5) is 10.5 Å². The van der Waals surface area contributed by atoms with Crippen LogP contribution in [0.2, 0.25) is 10.0 Å². The van der Waals surface area contributed by atoms with Crippen LogP contribution in [-0.4, -0.2) is 34.2 Å². The summed E-state index contributed by atoms with van der Waals surface area (Å²) < 4.78 is 10.3. The molecule has 1 unspecified atom stereocenters. The number of carbonyl (C=O) groups is 2. The number of nitrogens with one attached hydrogen (secondary N) is 1. The van der Waals surface area contributed by atoms with E-state index in [0.717, 1.165) is 0 Å². The summed E-state index contributed by atoms with van der Waals surface area (Å²) in [7, 11) is 0. The lowest BCUT2D eigenvalue weighted by atomic mass is 10.2. The van der Waals surface area contributed by atoms with Crippen molar-refractivity contribution in [3.63, 3.8) is 0 Å². The van der Waals surface area contributed by atoms with Crippen LogP contribution in [0.3, 0.4) is 0 Å². The molecule has 9 heteroatoms. The summed E-state index contributed by atoms with van der Waals surface area (Å²) in [4.78, 5) is 32.5. The maximum Gasteiger partial charge on any atom is 0.412 e. The minimum Gasteiger partial charge on any atom is -0.460 e. The van der Waals surface area contributed by atoms with Gasteiger partial charge in [-0.3, -0.25) is 5.32 Å². The van der Waals surface area contributed by atoms with Gasteiger partial charge in [-0.05, 0) is 32.0 Å². The van der Waals surface area contributed by atoms with Gasteiger partial charge in [-0.15, -0.1) is 0 Å². The Morgan fingerprint density at radius 2 is 1.69 bits per heavy atom. The molecule has 0 saturated carbocycles. The fraction of sp³-hybridized carbons (Fsp3) is 0.294. The van der Waals surface area contributed by atoms with Gasteiger partial charge in [0.15, 0.2) is 0 Å². The summed E-state index contributed by atoms with van der Waals surface area (Å²) in [5, 5.41) is 2.91. The Kier molecular flexibility index (Phi) is 7.17. The summed E-state index contributed by atoms with van der Waals surface area (Å²) in [5.41, 5.74) is 0.188. The molecule has 1 aromatic heterocycles. The fourth-order valence-electron chi connectivity index (χ4n) is 1.96. The molecular weight excluding hydrogens is 381 g/mol. The van der Waals surface area contributed by atoms with E-state index in [1.54, 1.807) is 38.1 Å². The van der Waals surface area contributed by atoms with Gasteiger partial charge in [-0.1, -0.05) is 29.3 Å². The number of rotatable bonds is 6. The Labute approximate surface area is 160 Å². The van der Waals surface area contributed by atoms with Gasteiger partial charge >= 0.3 is 12.1 Å². The highest BCUT2D eigenvalue weighted by atomic mass is 35.5. The van der Waals surface area contributed by atoms with Crippen LogP contribution >= 0.6 is 23.2 Å². The van der Waals surface area contributed by atoms with Gasteiger partial charge in [0.1, 0.15) is 5.82 Å². The molecule has 0 aliphatic rings. The fourth-order valence-corrected chi connectivity index (χ4v) is 2.45. The van der Waals surface area contributed by atoms with Crippen LogP contribution in [0.25, 0.3) is 0 Å². The number of halogens is 2. The molecule has 0 fully saturated rings. The molecule has 0 aliphatic heterocycles. The molecule has 2 rings (SSSR count). The average Bonchev–Trinajstić information content (AvgIpc) is 2.58. The Morgan fingerprint density at radius 3 is 2.27 bits per heavy atom. The summed E-state index contributed by atoms with van der Waals surface area (Å²) in [6.45, 7) is 3.38. The van der Waals surface area contributed by atoms with Crippen molar-refractivity contribution in [1.82, 2.24) is 9.97 Å². The number of anilines is 1. The molecule has 1 atom stereocenters. The van der Waals surface area contributed by atoms with E-state index in [-0.39, 0.29) is 28.3 Å². The summed E-state index contributed by atoms with van der Waals surface area (Å²) in [6, 6.07) is 6.39. The SMILES string of the molecule is CC(C)OC(=O)C(Cc1ncccn1)OC(=O)Nc1c(Cl)cccc1Cl. The van der Waals surface area contributed by atoms with Crippen LogP contribution in [-0.2, 0) is 20.7 Å². The molecule has 0 radical (unpaired) electrons. The molecule has 26 heavy (non-hydrogen) atoms. The highest BCUT2D eigenvalue weighted by Gasteiger charge is 2.27.